The number of nitrogens with zero attached hydrogens (tertiary/aromatic N) is 1. The fraction of sp³-hybridized carbons (Fsp3) is 0.286. The van der Waals surface area contributed by atoms with Gasteiger partial charge >= 0.3 is 5.97 Å². The van der Waals surface area contributed by atoms with E-state index < -0.39 is 18.5 Å². The molecule has 2 aliphatic heterocycles. The monoisotopic (exact) mass is 413 g/mol. The Morgan fingerprint density at radius 1 is 1.28 bits per heavy atom. The predicted molar refractivity (Wildman–Crippen MR) is 111 cm³/mol. The van der Waals surface area contributed by atoms with Crippen molar-refractivity contribution in [3.8, 4) is 0 Å². The van der Waals surface area contributed by atoms with Crippen molar-refractivity contribution in [2.45, 2.75) is 25.8 Å². The summed E-state index contributed by atoms with van der Waals surface area (Å²) < 4.78 is 5.13. The second-order valence-corrected chi connectivity index (χ2v) is 7.59. The molecule has 150 valence electrons. The van der Waals surface area contributed by atoms with Crippen LogP contribution in [-0.2, 0) is 14.3 Å². The first-order valence-corrected chi connectivity index (χ1v) is 9.75. The Morgan fingerprint density at radius 2 is 2.10 bits per heavy atom. The summed E-state index contributed by atoms with van der Waals surface area (Å²) in [6.07, 6.45) is 1.79. The normalized spacial score (nSPS) is 17.2. The summed E-state index contributed by atoms with van der Waals surface area (Å²) in [6, 6.07) is 10.0. The molecule has 0 bridgehead atoms. The van der Waals surface area contributed by atoms with Crippen LogP contribution in [0.3, 0.4) is 0 Å². The highest BCUT2D eigenvalue weighted by atomic mass is 35.5. The van der Waals surface area contributed by atoms with E-state index in [9.17, 15) is 14.4 Å². The quantitative estimate of drug-likeness (QED) is 0.750. The van der Waals surface area contributed by atoms with Crippen LogP contribution in [0.4, 0.5) is 17.1 Å². The topological polar surface area (TPSA) is 87.7 Å². The van der Waals surface area contributed by atoms with Crippen molar-refractivity contribution in [1.82, 2.24) is 0 Å². The summed E-state index contributed by atoms with van der Waals surface area (Å²) in [4.78, 5) is 38.8. The Balaban J connectivity index is 1.40. The average Bonchev–Trinajstić information content (AvgIpc) is 3.19. The first kappa shape index (κ1) is 19.3. The van der Waals surface area contributed by atoms with Crippen LogP contribution < -0.4 is 15.5 Å². The van der Waals surface area contributed by atoms with E-state index in [1.54, 1.807) is 36.4 Å². The van der Waals surface area contributed by atoms with Gasteiger partial charge in [-0.15, -0.1) is 0 Å². The van der Waals surface area contributed by atoms with Gasteiger partial charge in [-0.1, -0.05) is 17.7 Å². The summed E-state index contributed by atoms with van der Waals surface area (Å²) in [6.45, 7) is 2.23. The summed E-state index contributed by atoms with van der Waals surface area (Å²) in [5, 5.41) is 6.03. The van der Waals surface area contributed by atoms with Gasteiger partial charge in [-0.05, 0) is 55.7 Å². The number of esters is 1. The number of carbonyl (C=O) groups is 3. The average molecular weight is 414 g/mol. The number of hydrogen-bond donors (Lipinski definition) is 2. The summed E-state index contributed by atoms with van der Waals surface area (Å²) in [5.74, 6) is -1.16. The van der Waals surface area contributed by atoms with Crippen LogP contribution in [0.25, 0.3) is 0 Å². The van der Waals surface area contributed by atoms with E-state index in [-0.39, 0.29) is 17.5 Å². The van der Waals surface area contributed by atoms with Crippen molar-refractivity contribution in [3.05, 3.63) is 52.5 Å². The Kier molecular flexibility index (Phi) is 5.15. The molecule has 0 aliphatic carbocycles. The number of hydrogen-bond acceptors (Lipinski definition) is 5. The molecule has 8 heteroatoms. The summed E-state index contributed by atoms with van der Waals surface area (Å²) in [5.41, 5.74) is 3.17. The van der Waals surface area contributed by atoms with Gasteiger partial charge in [0.05, 0.1) is 16.9 Å². The van der Waals surface area contributed by atoms with Crippen molar-refractivity contribution in [2.75, 3.05) is 28.7 Å². The second kappa shape index (κ2) is 7.75. The number of halogens is 1. The van der Waals surface area contributed by atoms with Gasteiger partial charge in [0.2, 0.25) is 5.91 Å². The molecule has 2 aromatic carbocycles. The number of fused-ring (bicyclic) bond motifs is 3. The molecule has 0 spiro atoms. The van der Waals surface area contributed by atoms with Crippen LogP contribution in [0.5, 0.6) is 0 Å². The Hall–Kier alpha value is -3.06. The molecule has 2 N–H and O–H groups in total. The molecule has 4 rings (SSSR count). The lowest BCUT2D eigenvalue weighted by Gasteiger charge is -2.33. The maximum atomic E-state index is 12.4. The Labute approximate surface area is 173 Å². The van der Waals surface area contributed by atoms with E-state index >= 15 is 0 Å². The van der Waals surface area contributed by atoms with Crippen molar-refractivity contribution in [2.24, 2.45) is 0 Å². The van der Waals surface area contributed by atoms with Gasteiger partial charge in [0.25, 0.3) is 5.91 Å². The molecule has 2 aromatic rings. The molecule has 7 nitrogen and oxygen atoms in total. The molecule has 0 radical (unpaired) electrons. The number of carbonyl (C=O) groups excluding carboxylic acids is 3. The molecule has 2 amide bonds. The minimum Gasteiger partial charge on any atom is -0.452 e. The largest absolute Gasteiger partial charge is 0.452 e. The molecular formula is C21H20ClN3O4. The zero-order valence-electron chi connectivity index (χ0n) is 15.8. The lowest BCUT2D eigenvalue weighted by Crippen LogP contribution is -2.43. The molecule has 2 aliphatic rings. The van der Waals surface area contributed by atoms with E-state index in [2.05, 4.69) is 15.5 Å². The van der Waals surface area contributed by atoms with Gasteiger partial charge in [-0.2, -0.15) is 0 Å². The fourth-order valence-electron chi connectivity index (χ4n) is 3.69. The number of anilines is 3. The SMILES string of the molecule is Cc1ccc(Cl)cc1NC(=O)COC(=O)c1ccc2c(c1)NC(=O)[C@@H]1CCCN21. The zero-order chi connectivity index (χ0) is 20.5. The number of nitrogens with one attached hydrogen (secondary N) is 2. The molecule has 0 aromatic heterocycles. The minimum atomic E-state index is -0.636. The number of benzene rings is 2. The zero-order valence-corrected chi connectivity index (χ0v) is 16.6. The lowest BCUT2D eigenvalue weighted by atomic mass is 10.1. The van der Waals surface area contributed by atoms with Crippen molar-refractivity contribution in [1.29, 1.82) is 0 Å². The highest BCUT2D eigenvalue weighted by Gasteiger charge is 2.36. The van der Waals surface area contributed by atoms with Crippen molar-refractivity contribution >= 4 is 46.4 Å². The third kappa shape index (κ3) is 3.91. The van der Waals surface area contributed by atoms with Gasteiger partial charge in [-0.3, -0.25) is 9.59 Å². The third-order valence-corrected chi connectivity index (χ3v) is 5.40. The van der Waals surface area contributed by atoms with E-state index in [1.807, 2.05) is 6.92 Å². The van der Waals surface area contributed by atoms with Gasteiger partial charge in [0.1, 0.15) is 6.04 Å². The number of ether oxygens (including phenoxy) is 1. The minimum absolute atomic E-state index is 0.0585. The predicted octanol–water partition coefficient (Wildman–Crippen LogP) is 3.36. The van der Waals surface area contributed by atoms with Crippen LogP contribution in [0.2, 0.25) is 5.02 Å². The van der Waals surface area contributed by atoms with Crippen LogP contribution in [0, 0.1) is 6.92 Å². The van der Waals surface area contributed by atoms with E-state index in [1.165, 1.54) is 0 Å². The van der Waals surface area contributed by atoms with Gasteiger partial charge in [0.15, 0.2) is 6.61 Å². The second-order valence-electron chi connectivity index (χ2n) is 7.16. The lowest BCUT2D eigenvalue weighted by molar-refractivity contribution is -0.119. The smallest absolute Gasteiger partial charge is 0.338 e. The third-order valence-electron chi connectivity index (χ3n) is 5.16. The number of rotatable bonds is 4. The van der Waals surface area contributed by atoms with Crippen LogP contribution in [0.15, 0.2) is 36.4 Å². The fourth-order valence-corrected chi connectivity index (χ4v) is 3.86. The first-order valence-electron chi connectivity index (χ1n) is 9.37. The molecular weight excluding hydrogens is 394 g/mol. The summed E-state index contributed by atoms with van der Waals surface area (Å²) >= 11 is 5.94. The van der Waals surface area contributed by atoms with E-state index in [0.717, 1.165) is 30.6 Å². The Morgan fingerprint density at radius 3 is 2.93 bits per heavy atom. The highest BCUT2D eigenvalue weighted by Crippen LogP contribution is 2.37. The Bertz CT molecular complexity index is 1010. The highest BCUT2D eigenvalue weighted by molar-refractivity contribution is 6.31. The van der Waals surface area contributed by atoms with Gasteiger partial charge in [-0.25, -0.2) is 4.79 Å². The van der Waals surface area contributed by atoms with Gasteiger partial charge < -0.3 is 20.3 Å². The molecule has 1 saturated heterocycles. The van der Waals surface area contributed by atoms with Crippen LogP contribution >= 0.6 is 11.6 Å². The van der Waals surface area contributed by atoms with Crippen LogP contribution in [-0.4, -0.2) is 37.0 Å². The molecule has 1 atom stereocenters. The maximum Gasteiger partial charge on any atom is 0.338 e. The molecule has 0 saturated carbocycles. The van der Waals surface area contributed by atoms with E-state index in [0.29, 0.717) is 16.4 Å². The maximum absolute atomic E-state index is 12.4. The molecule has 1 fully saturated rings. The van der Waals surface area contributed by atoms with E-state index in [4.69, 9.17) is 16.3 Å². The van der Waals surface area contributed by atoms with Crippen LogP contribution in [0.1, 0.15) is 28.8 Å². The number of aryl methyl sites for hydroxylation is 1. The van der Waals surface area contributed by atoms with Crippen molar-refractivity contribution in [3.63, 3.8) is 0 Å². The van der Waals surface area contributed by atoms with Gasteiger partial charge in [0, 0.05) is 17.3 Å². The standard InChI is InChI=1S/C21H20ClN3O4/c1-12-4-6-14(22)10-15(12)23-19(26)11-29-21(28)13-5-7-17-16(9-13)24-20(27)18-3-2-8-25(17)18/h4-7,9-10,18H,2-3,8,11H2,1H3,(H,23,26)(H,24,27)/t18-/m0/s1. The first-order chi connectivity index (χ1) is 13.9. The summed E-state index contributed by atoms with van der Waals surface area (Å²) in [7, 11) is 0. The molecule has 0 unspecified atom stereocenters. The molecule has 2 heterocycles. The number of amides is 2. The van der Waals surface area contributed by atoms with Crippen molar-refractivity contribution < 1.29 is 19.1 Å². The molecule has 29 heavy (non-hydrogen) atoms.